The van der Waals surface area contributed by atoms with Gasteiger partial charge < -0.3 is 15.4 Å². The molecule has 1 unspecified atom stereocenters. The topological polar surface area (TPSA) is 66.5 Å². The molecule has 1 fully saturated rings. The van der Waals surface area contributed by atoms with Gasteiger partial charge in [0.1, 0.15) is 5.82 Å². The molecule has 0 spiro atoms. The molecule has 1 atom stereocenters. The first-order valence-corrected chi connectivity index (χ1v) is 7.50. The van der Waals surface area contributed by atoms with Crippen molar-refractivity contribution in [2.45, 2.75) is 19.9 Å². The van der Waals surface area contributed by atoms with Crippen LogP contribution >= 0.6 is 0 Å². The summed E-state index contributed by atoms with van der Waals surface area (Å²) in [6.45, 7) is 9.10. The Morgan fingerprint density at radius 3 is 2.81 bits per heavy atom. The summed E-state index contributed by atoms with van der Waals surface area (Å²) in [5.74, 6) is 0.710. The van der Waals surface area contributed by atoms with E-state index < -0.39 is 0 Å². The molecule has 1 amide bonds. The summed E-state index contributed by atoms with van der Waals surface area (Å²) >= 11 is 0. The molecule has 0 aromatic carbocycles. The van der Waals surface area contributed by atoms with Crippen molar-refractivity contribution in [2.24, 2.45) is 0 Å². The molecule has 1 aromatic heterocycles. The Hall–Kier alpha value is -1.66. The fourth-order valence-corrected chi connectivity index (χ4v) is 2.34. The SMILES string of the molecule is CCNc1ccc(C(=O)NC(C)CN2CCOCC2)cn1. The minimum Gasteiger partial charge on any atom is -0.379 e. The molecule has 1 aromatic rings. The van der Waals surface area contributed by atoms with Crippen LogP contribution in [0.1, 0.15) is 24.2 Å². The fraction of sp³-hybridized carbons (Fsp3) is 0.600. The predicted octanol–water partition coefficient (Wildman–Crippen LogP) is 0.964. The van der Waals surface area contributed by atoms with Gasteiger partial charge in [0.05, 0.1) is 18.8 Å². The van der Waals surface area contributed by atoms with Crippen LogP contribution in [-0.4, -0.2) is 61.2 Å². The van der Waals surface area contributed by atoms with Crippen molar-refractivity contribution >= 4 is 11.7 Å². The van der Waals surface area contributed by atoms with Crippen molar-refractivity contribution in [2.75, 3.05) is 44.7 Å². The maximum Gasteiger partial charge on any atom is 0.253 e. The van der Waals surface area contributed by atoms with Gasteiger partial charge in [-0.15, -0.1) is 0 Å². The number of carbonyl (C=O) groups excluding carboxylic acids is 1. The van der Waals surface area contributed by atoms with Gasteiger partial charge in [-0.1, -0.05) is 0 Å². The maximum absolute atomic E-state index is 12.2. The summed E-state index contributed by atoms with van der Waals surface area (Å²) in [7, 11) is 0. The lowest BCUT2D eigenvalue weighted by Gasteiger charge is -2.29. The predicted molar refractivity (Wildman–Crippen MR) is 82.6 cm³/mol. The van der Waals surface area contributed by atoms with Crippen molar-refractivity contribution in [3.8, 4) is 0 Å². The fourth-order valence-electron chi connectivity index (χ4n) is 2.34. The van der Waals surface area contributed by atoms with Crippen LogP contribution < -0.4 is 10.6 Å². The highest BCUT2D eigenvalue weighted by Gasteiger charge is 2.16. The summed E-state index contributed by atoms with van der Waals surface area (Å²) in [4.78, 5) is 18.7. The third-order valence-electron chi connectivity index (χ3n) is 3.40. The maximum atomic E-state index is 12.2. The number of nitrogens with zero attached hydrogens (tertiary/aromatic N) is 2. The smallest absolute Gasteiger partial charge is 0.253 e. The molecular formula is C15H24N4O2. The quantitative estimate of drug-likeness (QED) is 0.817. The van der Waals surface area contributed by atoms with Crippen LogP contribution in [0.25, 0.3) is 0 Å². The number of aromatic nitrogens is 1. The molecule has 6 heteroatoms. The van der Waals surface area contributed by atoms with E-state index in [0.717, 1.165) is 45.2 Å². The molecule has 2 rings (SSSR count). The van der Waals surface area contributed by atoms with E-state index in [0.29, 0.717) is 5.56 Å². The van der Waals surface area contributed by atoms with E-state index in [9.17, 15) is 4.79 Å². The van der Waals surface area contributed by atoms with Crippen LogP contribution in [0.3, 0.4) is 0 Å². The number of hydrogen-bond donors (Lipinski definition) is 2. The lowest BCUT2D eigenvalue weighted by Crippen LogP contribution is -2.46. The Balaban J connectivity index is 1.82. The van der Waals surface area contributed by atoms with Gasteiger partial charge in [0, 0.05) is 38.4 Å². The largest absolute Gasteiger partial charge is 0.379 e. The van der Waals surface area contributed by atoms with E-state index in [2.05, 4.69) is 20.5 Å². The molecule has 21 heavy (non-hydrogen) atoms. The van der Waals surface area contributed by atoms with Gasteiger partial charge in [-0.05, 0) is 26.0 Å². The summed E-state index contributed by atoms with van der Waals surface area (Å²) in [5, 5.41) is 6.12. The number of hydrogen-bond acceptors (Lipinski definition) is 5. The molecule has 6 nitrogen and oxygen atoms in total. The van der Waals surface area contributed by atoms with Crippen molar-refractivity contribution in [3.63, 3.8) is 0 Å². The molecule has 0 bridgehead atoms. The first-order valence-electron chi connectivity index (χ1n) is 7.50. The van der Waals surface area contributed by atoms with E-state index in [1.165, 1.54) is 0 Å². The molecule has 0 radical (unpaired) electrons. The highest BCUT2D eigenvalue weighted by Crippen LogP contribution is 2.05. The normalized spacial score (nSPS) is 17.2. The number of morpholine rings is 1. The highest BCUT2D eigenvalue weighted by molar-refractivity contribution is 5.94. The summed E-state index contributed by atoms with van der Waals surface area (Å²) < 4.78 is 5.32. The second kappa shape index (κ2) is 7.95. The van der Waals surface area contributed by atoms with Gasteiger partial charge in [-0.2, -0.15) is 0 Å². The van der Waals surface area contributed by atoms with E-state index >= 15 is 0 Å². The number of nitrogens with one attached hydrogen (secondary N) is 2. The van der Waals surface area contributed by atoms with E-state index in [1.54, 1.807) is 12.3 Å². The first kappa shape index (κ1) is 15.7. The van der Waals surface area contributed by atoms with E-state index in [1.807, 2.05) is 19.9 Å². The lowest BCUT2D eigenvalue weighted by atomic mass is 10.2. The van der Waals surface area contributed by atoms with Crippen molar-refractivity contribution in [1.82, 2.24) is 15.2 Å². The van der Waals surface area contributed by atoms with Crippen LogP contribution in [0.5, 0.6) is 0 Å². The standard InChI is InChI=1S/C15H24N4O2/c1-3-16-14-5-4-13(10-17-14)15(20)18-12(2)11-19-6-8-21-9-7-19/h4-5,10,12H,3,6-9,11H2,1-2H3,(H,16,17)(H,18,20). The van der Waals surface area contributed by atoms with Gasteiger partial charge >= 0.3 is 0 Å². The molecule has 1 saturated heterocycles. The zero-order valence-corrected chi connectivity index (χ0v) is 12.8. The average Bonchev–Trinajstić information content (AvgIpc) is 2.49. The minimum absolute atomic E-state index is 0.0775. The first-order chi connectivity index (χ1) is 10.2. The minimum atomic E-state index is -0.0775. The molecule has 1 aliphatic heterocycles. The summed E-state index contributed by atoms with van der Waals surface area (Å²) in [5.41, 5.74) is 0.588. The van der Waals surface area contributed by atoms with Crippen molar-refractivity contribution in [3.05, 3.63) is 23.9 Å². The molecular weight excluding hydrogens is 268 g/mol. The summed E-state index contributed by atoms with van der Waals surface area (Å²) in [6.07, 6.45) is 1.61. The molecule has 116 valence electrons. The van der Waals surface area contributed by atoms with Crippen LogP contribution in [0, 0.1) is 0 Å². The lowest BCUT2D eigenvalue weighted by molar-refractivity contribution is 0.0342. The van der Waals surface area contributed by atoms with E-state index in [-0.39, 0.29) is 11.9 Å². The molecule has 1 aliphatic rings. The van der Waals surface area contributed by atoms with Gasteiger partial charge in [-0.25, -0.2) is 4.98 Å². The van der Waals surface area contributed by atoms with Gasteiger partial charge in [-0.3, -0.25) is 9.69 Å². The second-order valence-electron chi connectivity index (χ2n) is 5.25. The number of anilines is 1. The highest BCUT2D eigenvalue weighted by atomic mass is 16.5. The number of amides is 1. The van der Waals surface area contributed by atoms with Crippen LogP contribution in [0.15, 0.2) is 18.3 Å². The number of carbonyl (C=O) groups is 1. The Labute approximate surface area is 125 Å². The van der Waals surface area contributed by atoms with Gasteiger partial charge in [0.2, 0.25) is 0 Å². The van der Waals surface area contributed by atoms with Crippen molar-refractivity contribution < 1.29 is 9.53 Å². The Morgan fingerprint density at radius 2 is 2.19 bits per heavy atom. The molecule has 0 aliphatic carbocycles. The zero-order chi connectivity index (χ0) is 15.1. The van der Waals surface area contributed by atoms with Crippen LogP contribution in [-0.2, 0) is 4.74 Å². The Morgan fingerprint density at radius 1 is 1.43 bits per heavy atom. The van der Waals surface area contributed by atoms with Gasteiger partial charge in [0.25, 0.3) is 5.91 Å². The van der Waals surface area contributed by atoms with Crippen LogP contribution in [0.4, 0.5) is 5.82 Å². The third kappa shape index (κ3) is 4.99. The molecule has 0 saturated carbocycles. The number of ether oxygens (including phenoxy) is 1. The Bertz CT molecular complexity index is 443. The summed E-state index contributed by atoms with van der Waals surface area (Å²) in [6, 6.07) is 3.72. The zero-order valence-electron chi connectivity index (χ0n) is 12.8. The third-order valence-corrected chi connectivity index (χ3v) is 3.40. The van der Waals surface area contributed by atoms with Gasteiger partial charge in [0.15, 0.2) is 0 Å². The Kier molecular flexibility index (Phi) is 5.95. The van der Waals surface area contributed by atoms with E-state index in [4.69, 9.17) is 4.74 Å². The average molecular weight is 292 g/mol. The monoisotopic (exact) mass is 292 g/mol. The van der Waals surface area contributed by atoms with Crippen molar-refractivity contribution in [1.29, 1.82) is 0 Å². The number of pyridine rings is 1. The second-order valence-corrected chi connectivity index (χ2v) is 5.25. The van der Waals surface area contributed by atoms with Crippen LogP contribution in [0.2, 0.25) is 0 Å². The molecule has 2 heterocycles. The molecule has 2 N–H and O–H groups in total. The number of rotatable bonds is 6.